The van der Waals surface area contributed by atoms with Crippen LogP contribution >= 0.6 is 0 Å². The lowest BCUT2D eigenvalue weighted by atomic mass is 9.99. The average molecular weight is 208 g/mol. The van der Waals surface area contributed by atoms with Crippen LogP contribution in [-0.2, 0) is 14.2 Å². The molecule has 6 nitrogen and oxygen atoms in total. The van der Waals surface area contributed by atoms with Crippen LogP contribution in [0.5, 0.6) is 0 Å². The Morgan fingerprint density at radius 1 is 1.14 bits per heavy atom. The first kappa shape index (κ1) is 11.8. The van der Waals surface area contributed by atoms with Crippen LogP contribution in [0.3, 0.4) is 0 Å². The van der Waals surface area contributed by atoms with Crippen LogP contribution in [0.1, 0.15) is 0 Å². The summed E-state index contributed by atoms with van der Waals surface area (Å²) in [4.78, 5) is 0. The fraction of sp³-hybridized carbons (Fsp3) is 1.00. The molecule has 0 aromatic carbocycles. The lowest BCUT2D eigenvalue weighted by molar-refractivity contribution is -0.291. The molecule has 6 heteroatoms. The Bertz CT molecular complexity index is 175. The third kappa shape index (κ3) is 2.22. The van der Waals surface area contributed by atoms with Gasteiger partial charge < -0.3 is 29.5 Å². The molecule has 1 aliphatic heterocycles. The highest BCUT2D eigenvalue weighted by Crippen LogP contribution is 2.21. The number of ether oxygens (including phenoxy) is 3. The highest BCUT2D eigenvalue weighted by molar-refractivity contribution is 4.89. The highest BCUT2D eigenvalue weighted by Gasteiger charge is 2.43. The van der Waals surface area contributed by atoms with Crippen molar-refractivity contribution in [2.24, 2.45) is 0 Å². The summed E-state index contributed by atoms with van der Waals surface area (Å²) in [7, 11) is 2.87. The molecule has 5 atom stereocenters. The summed E-state index contributed by atoms with van der Waals surface area (Å²) in [5.74, 6) is 0. The Hall–Kier alpha value is -0.240. The van der Waals surface area contributed by atoms with Crippen molar-refractivity contribution in [3.63, 3.8) is 0 Å². The molecular formula is C8H16O6. The van der Waals surface area contributed by atoms with Gasteiger partial charge in [-0.05, 0) is 0 Å². The Balaban J connectivity index is 2.66. The Morgan fingerprint density at radius 2 is 1.79 bits per heavy atom. The number of methoxy groups -OCH3 is 2. The first-order chi connectivity index (χ1) is 6.61. The Labute approximate surface area is 82.0 Å². The van der Waals surface area contributed by atoms with Gasteiger partial charge in [-0.2, -0.15) is 0 Å². The van der Waals surface area contributed by atoms with Crippen molar-refractivity contribution in [1.29, 1.82) is 0 Å². The second-order valence-corrected chi connectivity index (χ2v) is 3.20. The minimum atomic E-state index is -1.41. The molecule has 1 heterocycles. The summed E-state index contributed by atoms with van der Waals surface area (Å²) >= 11 is 0. The maximum absolute atomic E-state index is 9.53. The van der Waals surface area contributed by atoms with Crippen molar-refractivity contribution >= 4 is 0 Å². The largest absolute Gasteiger partial charge is 0.387 e. The molecule has 0 radical (unpaired) electrons. The molecule has 0 spiro atoms. The number of aliphatic hydroxyl groups is 3. The quantitative estimate of drug-likeness (QED) is 0.501. The molecule has 1 fully saturated rings. The van der Waals surface area contributed by atoms with Gasteiger partial charge in [-0.15, -0.1) is 0 Å². The summed E-state index contributed by atoms with van der Waals surface area (Å²) in [5.41, 5.74) is 0. The highest BCUT2D eigenvalue weighted by atomic mass is 16.7. The van der Waals surface area contributed by atoms with Gasteiger partial charge in [0.15, 0.2) is 6.29 Å². The van der Waals surface area contributed by atoms with E-state index in [4.69, 9.17) is 14.2 Å². The van der Waals surface area contributed by atoms with E-state index in [1.165, 1.54) is 14.2 Å². The normalized spacial score (nSPS) is 43.9. The summed E-state index contributed by atoms with van der Waals surface area (Å²) < 4.78 is 14.8. The van der Waals surface area contributed by atoms with E-state index in [9.17, 15) is 15.3 Å². The number of hydrogen-bond acceptors (Lipinski definition) is 6. The second-order valence-electron chi connectivity index (χ2n) is 3.20. The van der Waals surface area contributed by atoms with Crippen molar-refractivity contribution in [1.82, 2.24) is 0 Å². The molecule has 0 aliphatic carbocycles. The third-order valence-corrected chi connectivity index (χ3v) is 2.26. The molecule has 0 bridgehead atoms. The lowest BCUT2D eigenvalue weighted by Crippen LogP contribution is -2.59. The predicted octanol–water partition coefficient (Wildman–Crippen LogP) is -1.91. The molecule has 14 heavy (non-hydrogen) atoms. The van der Waals surface area contributed by atoms with Crippen molar-refractivity contribution in [2.45, 2.75) is 30.7 Å². The summed E-state index contributed by atoms with van der Waals surface area (Å²) in [5, 5.41) is 28.0. The predicted molar refractivity (Wildman–Crippen MR) is 45.6 cm³/mol. The van der Waals surface area contributed by atoms with E-state index in [2.05, 4.69) is 0 Å². The van der Waals surface area contributed by atoms with Crippen LogP contribution in [-0.4, -0.2) is 66.9 Å². The molecule has 1 rings (SSSR count). The Kier molecular flexibility index (Phi) is 4.24. The first-order valence-electron chi connectivity index (χ1n) is 4.33. The third-order valence-electron chi connectivity index (χ3n) is 2.26. The zero-order valence-electron chi connectivity index (χ0n) is 8.16. The SMILES string of the molecule is COC[C@H]1OC(O)[C@H](O)[C@@H](O)[C@@H]1OC. The maximum atomic E-state index is 9.53. The minimum Gasteiger partial charge on any atom is -0.387 e. The maximum Gasteiger partial charge on any atom is 0.184 e. The van der Waals surface area contributed by atoms with E-state index in [1.54, 1.807) is 0 Å². The first-order valence-corrected chi connectivity index (χ1v) is 4.33. The molecular weight excluding hydrogens is 192 g/mol. The van der Waals surface area contributed by atoms with Gasteiger partial charge in [-0.25, -0.2) is 0 Å². The molecule has 0 saturated carbocycles. The van der Waals surface area contributed by atoms with Crippen molar-refractivity contribution in [3.05, 3.63) is 0 Å². The van der Waals surface area contributed by atoms with Crippen LogP contribution < -0.4 is 0 Å². The molecule has 0 aromatic rings. The molecule has 1 unspecified atom stereocenters. The van der Waals surface area contributed by atoms with Crippen LogP contribution in [0.2, 0.25) is 0 Å². The fourth-order valence-electron chi connectivity index (χ4n) is 1.51. The van der Waals surface area contributed by atoms with E-state index in [-0.39, 0.29) is 6.61 Å². The molecule has 84 valence electrons. The van der Waals surface area contributed by atoms with Crippen LogP contribution in [0, 0.1) is 0 Å². The van der Waals surface area contributed by atoms with E-state index < -0.39 is 30.7 Å². The van der Waals surface area contributed by atoms with E-state index in [0.717, 1.165) is 0 Å². The number of aliphatic hydroxyl groups excluding tert-OH is 3. The Morgan fingerprint density at radius 3 is 2.29 bits per heavy atom. The van der Waals surface area contributed by atoms with Gasteiger partial charge >= 0.3 is 0 Å². The molecule has 3 N–H and O–H groups in total. The fourth-order valence-corrected chi connectivity index (χ4v) is 1.51. The van der Waals surface area contributed by atoms with Gasteiger partial charge in [0, 0.05) is 14.2 Å². The summed E-state index contributed by atoms with van der Waals surface area (Å²) in [6.07, 6.45) is -5.22. The lowest BCUT2D eigenvalue weighted by Gasteiger charge is -2.39. The second kappa shape index (κ2) is 5.01. The average Bonchev–Trinajstić information content (AvgIpc) is 2.16. The number of rotatable bonds is 3. The monoisotopic (exact) mass is 208 g/mol. The van der Waals surface area contributed by atoms with Crippen LogP contribution in [0.4, 0.5) is 0 Å². The molecule has 1 aliphatic rings. The van der Waals surface area contributed by atoms with Crippen molar-refractivity contribution in [3.8, 4) is 0 Å². The van der Waals surface area contributed by atoms with Crippen molar-refractivity contribution in [2.75, 3.05) is 20.8 Å². The zero-order chi connectivity index (χ0) is 10.7. The standard InChI is InChI=1S/C8H16O6/c1-12-3-4-7(13-2)5(9)6(10)8(11)14-4/h4-11H,3H2,1-2H3/t4-,5-,6-,7-,8?/m1/s1. The number of hydrogen-bond donors (Lipinski definition) is 3. The minimum absolute atomic E-state index is 0.180. The van der Waals surface area contributed by atoms with Crippen LogP contribution in [0.25, 0.3) is 0 Å². The van der Waals surface area contributed by atoms with Gasteiger partial charge in [0.2, 0.25) is 0 Å². The van der Waals surface area contributed by atoms with Gasteiger partial charge in [-0.3, -0.25) is 0 Å². The van der Waals surface area contributed by atoms with Gasteiger partial charge in [0.1, 0.15) is 24.4 Å². The van der Waals surface area contributed by atoms with Crippen molar-refractivity contribution < 1.29 is 29.5 Å². The van der Waals surface area contributed by atoms with Crippen LogP contribution in [0.15, 0.2) is 0 Å². The van der Waals surface area contributed by atoms with E-state index >= 15 is 0 Å². The summed E-state index contributed by atoms with van der Waals surface area (Å²) in [6, 6.07) is 0. The van der Waals surface area contributed by atoms with Gasteiger partial charge in [0.05, 0.1) is 6.61 Å². The molecule has 1 saturated heterocycles. The smallest absolute Gasteiger partial charge is 0.184 e. The van der Waals surface area contributed by atoms with E-state index in [0.29, 0.717) is 0 Å². The molecule has 0 amide bonds. The van der Waals surface area contributed by atoms with Gasteiger partial charge in [0.25, 0.3) is 0 Å². The zero-order valence-corrected chi connectivity index (χ0v) is 8.16. The van der Waals surface area contributed by atoms with E-state index in [1.807, 2.05) is 0 Å². The van der Waals surface area contributed by atoms with Gasteiger partial charge in [-0.1, -0.05) is 0 Å². The topological polar surface area (TPSA) is 88.4 Å². The molecule has 0 aromatic heterocycles. The summed E-state index contributed by atoms with van der Waals surface area (Å²) in [6.45, 7) is 0.180.